The summed E-state index contributed by atoms with van der Waals surface area (Å²) in [6, 6.07) is 16.1. The minimum atomic E-state index is 0.00140. The number of carbonyl (C=O) groups excluding carboxylic acids is 2. The van der Waals surface area contributed by atoms with Gasteiger partial charge in [-0.05, 0) is 43.0 Å². The Balaban J connectivity index is 1.17. The molecular formula is C25H30N4O2S. The molecule has 0 aliphatic carbocycles. The zero-order chi connectivity index (χ0) is 22.3. The van der Waals surface area contributed by atoms with E-state index in [1.54, 1.807) is 11.3 Å². The van der Waals surface area contributed by atoms with Crippen molar-refractivity contribution in [3.05, 3.63) is 59.1 Å². The Morgan fingerprint density at radius 3 is 2.56 bits per heavy atom. The molecule has 0 spiro atoms. The molecule has 6 nitrogen and oxygen atoms in total. The van der Waals surface area contributed by atoms with Gasteiger partial charge in [0.25, 0.3) is 0 Å². The van der Waals surface area contributed by atoms with Gasteiger partial charge >= 0.3 is 0 Å². The number of para-hydroxylation sites is 2. The standard InChI is InChI=1S/C25H30N4O2S/c1-2-19-8-3-4-9-20(19)26-23(30)18-28-14-16-29(17-15-28)25(31)13-7-12-24-27-21-10-5-6-11-22(21)32-24/h3-6,8-11H,2,7,12-18H2,1H3,(H,26,30). The smallest absolute Gasteiger partial charge is 0.238 e. The maximum atomic E-state index is 12.6. The van der Waals surface area contributed by atoms with E-state index in [0.29, 0.717) is 26.1 Å². The van der Waals surface area contributed by atoms with Crippen molar-refractivity contribution in [2.24, 2.45) is 0 Å². The van der Waals surface area contributed by atoms with Gasteiger partial charge in [-0.15, -0.1) is 11.3 Å². The molecule has 1 aromatic heterocycles. The lowest BCUT2D eigenvalue weighted by Gasteiger charge is -2.34. The maximum absolute atomic E-state index is 12.6. The van der Waals surface area contributed by atoms with Gasteiger partial charge in [-0.2, -0.15) is 0 Å². The molecule has 2 heterocycles. The zero-order valence-electron chi connectivity index (χ0n) is 18.5. The quantitative estimate of drug-likeness (QED) is 0.564. The fraction of sp³-hybridized carbons (Fsp3) is 0.400. The van der Waals surface area contributed by atoms with Crippen LogP contribution in [0.4, 0.5) is 5.69 Å². The number of nitrogens with one attached hydrogen (secondary N) is 1. The van der Waals surface area contributed by atoms with Crippen LogP contribution in [0.1, 0.15) is 30.3 Å². The summed E-state index contributed by atoms with van der Waals surface area (Å²) in [5.74, 6) is 0.202. The second-order valence-electron chi connectivity index (χ2n) is 8.14. The molecule has 7 heteroatoms. The number of nitrogens with zero attached hydrogens (tertiary/aromatic N) is 3. The summed E-state index contributed by atoms with van der Waals surface area (Å²) in [5.41, 5.74) is 3.07. The number of piperazine rings is 1. The normalized spacial score (nSPS) is 14.6. The number of carbonyl (C=O) groups is 2. The highest BCUT2D eigenvalue weighted by molar-refractivity contribution is 7.18. The second kappa shape index (κ2) is 10.7. The van der Waals surface area contributed by atoms with E-state index in [0.717, 1.165) is 54.1 Å². The van der Waals surface area contributed by atoms with Crippen LogP contribution in [0.3, 0.4) is 0 Å². The van der Waals surface area contributed by atoms with E-state index in [4.69, 9.17) is 0 Å². The van der Waals surface area contributed by atoms with Crippen molar-refractivity contribution in [2.45, 2.75) is 32.6 Å². The lowest BCUT2D eigenvalue weighted by molar-refractivity contribution is -0.133. The van der Waals surface area contributed by atoms with Gasteiger partial charge in [0.15, 0.2) is 0 Å². The summed E-state index contributed by atoms with van der Waals surface area (Å²) in [5, 5.41) is 4.13. The molecule has 1 aliphatic rings. The van der Waals surface area contributed by atoms with Crippen LogP contribution < -0.4 is 5.32 Å². The molecule has 2 amide bonds. The van der Waals surface area contributed by atoms with E-state index in [9.17, 15) is 9.59 Å². The molecule has 0 bridgehead atoms. The Morgan fingerprint density at radius 1 is 1.03 bits per heavy atom. The van der Waals surface area contributed by atoms with Gasteiger partial charge in [-0.1, -0.05) is 37.3 Å². The van der Waals surface area contributed by atoms with Crippen LogP contribution >= 0.6 is 11.3 Å². The van der Waals surface area contributed by atoms with Gasteiger partial charge in [0.05, 0.1) is 21.8 Å². The Labute approximate surface area is 193 Å². The number of amides is 2. The van der Waals surface area contributed by atoms with Crippen LogP contribution in [0.2, 0.25) is 0 Å². The molecule has 32 heavy (non-hydrogen) atoms. The predicted octanol–water partition coefficient (Wildman–Crippen LogP) is 3.96. The molecule has 1 aliphatic heterocycles. The highest BCUT2D eigenvalue weighted by atomic mass is 32.1. The number of fused-ring (bicyclic) bond motifs is 1. The largest absolute Gasteiger partial charge is 0.340 e. The highest BCUT2D eigenvalue weighted by Gasteiger charge is 2.22. The first kappa shape index (κ1) is 22.4. The van der Waals surface area contributed by atoms with E-state index in [1.807, 2.05) is 47.4 Å². The van der Waals surface area contributed by atoms with Crippen LogP contribution in [0.25, 0.3) is 10.2 Å². The van der Waals surface area contributed by atoms with Crippen molar-refractivity contribution in [2.75, 3.05) is 38.0 Å². The van der Waals surface area contributed by atoms with Crippen molar-refractivity contribution in [3.8, 4) is 0 Å². The molecule has 3 aromatic rings. The van der Waals surface area contributed by atoms with Crippen molar-refractivity contribution in [1.29, 1.82) is 0 Å². The van der Waals surface area contributed by atoms with Gasteiger partial charge in [0.1, 0.15) is 0 Å². The third kappa shape index (κ3) is 5.72. The number of thiazole rings is 1. The van der Waals surface area contributed by atoms with Gasteiger partial charge in [-0.25, -0.2) is 4.98 Å². The maximum Gasteiger partial charge on any atom is 0.238 e. The van der Waals surface area contributed by atoms with Gasteiger partial charge < -0.3 is 10.2 Å². The van der Waals surface area contributed by atoms with E-state index < -0.39 is 0 Å². The van der Waals surface area contributed by atoms with Crippen LogP contribution in [0, 0.1) is 0 Å². The number of rotatable bonds is 8. The van der Waals surface area contributed by atoms with Gasteiger partial charge in [0, 0.05) is 38.3 Å². The molecule has 0 saturated carbocycles. The zero-order valence-corrected chi connectivity index (χ0v) is 19.4. The minimum absolute atomic E-state index is 0.00140. The summed E-state index contributed by atoms with van der Waals surface area (Å²) in [4.78, 5) is 33.8. The lowest BCUT2D eigenvalue weighted by atomic mass is 10.1. The average Bonchev–Trinajstić information content (AvgIpc) is 3.22. The van der Waals surface area contributed by atoms with Gasteiger partial charge in [-0.3, -0.25) is 14.5 Å². The number of hydrogen-bond donors (Lipinski definition) is 1. The first-order valence-corrected chi connectivity index (χ1v) is 12.2. The predicted molar refractivity (Wildman–Crippen MR) is 130 cm³/mol. The van der Waals surface area contributed by atoms with Crippen molar-refractivity contribution in [1.82, 2.24) is 14.8 Å². The fourth-order valence-electron chi connectivity index (χ4n) is 4.07. The van der Waals surface area contributed by atoms with E-state index in [2.05, 4.69) is 28.2 Å². The summed E-state index contributed by atoms with van der Waals surface area (Å²) in [7, 11) is 0. The summed E-state index contributed by atoms with van der Waals surface area (Å²) in [6.45, 7) is 5.26. The van der Waals surface area contributed by atoms with Crippen LogP contribution in [-0.4, -0.2) is 59.3 Å². The van der Waals surface area contributed by atoms with Gasteiger partial charge in [0.2, 0.25) is 11.8 Å². The third-order valence-electron chi connectivity index (χ3n) is 5.88. The molecule has 1 fully saturated rings. The van der Waals surface area contributed by atoms with E-state index in [1.165, 1.54) is 4.70 Å². The molecular weight excluding hydrogens is 420 g/mol. The molecule has 0 atom stereocenters. The molecule has 1 saturated heterocycles. The lowest BCUT2D eigenvalue weighted by Crippen LogP contribution is -2.50. The Kier molecular flexibility index (Phi) is 7.50. The molecule has 0 unspecified atom stereocenters. The summed E-state index contributed by atoms with van der Waals surface area (Å²) < 4.78 is 1.20. The molecule has 0 radical (unpaired) electrons. The Hall–Kier alpha value is -2.77. The highest BCUT2D eigenvalue weighted by Crippen LogP contribution is 2.23. The Morgan fingerprint density at radius 2 is 1.78 bits per heavy atom. The summed E-state index contributed by atoms with van der Waals surface area (Å²) >= 11 is 1.71. The number of benzene rings is 2. The van der Waals surface area contributed by atoms with Crippen LogP contribution in [0.5, 0.6) is 0 Å². The Bertz CT molecular complexity index is 1040. The van der Waals surface area contributed by atoms with Crippen molar-refractivity contribution < 1.29 is 9.59 Å². The topological polar surface area (TPSA) is 65.5 Å². The first-order chi connectivity index (χ1) is 15.6. The van der Waals surface area contributed by atoms with E-state index >= 15 is 0 Å². The van der Waals surface area contributed by atoms with Crippen LogP contribution in [0.15, 0.2) is 48.5 Å². The second-order valence-corrected chi connectivity index (χ2v) is 9.26. The van der Waals surface area contributed by atoms with E-state index in [-0.39, 0.29) is 11.8 Å². The molecule has 1 N–H and O–H groups in total. The third-order valence-corrected chi connectivity index (χ3v) is 6.98. The number of aromatic nitrogens is 1. The summed E-state index contributed by atoms with van der Waals surface area (Å²) in [6.07, 6.45) is 3.09. The molecule has 4 rings (SSSR count). The number of aryl methyl sites for hydroxylation is 2. The number of anilines is 1. The van der Waals surface area contributed by atoms with Crippen LogP contribution in [-0.2, 0) is 22.4 Å². The van der Waals surface area contributed by atoms with Crippen molar-refractivity contribution >= 4 is 39.1 Å². The average molecular weight is 451 g/mol. The van der Waals surface area contributed by atoms with Crippen molar-refractivity contribution in [3.63, 3.8) is 0 Å². The monoisotopic (exact) mass is 450 g/mol. The molecule has 168 valence electrons. The first-order valence-electron chi connectivity index (χ1n) is 11.3. The fourth-order valence-corrected chi connectivity index (χ4v) is 5.08. The number of hydrogen-bond acceptors (Lipinski definition) is 5. The minimum Gasteiger partial charge on any atom is -0.340 e. The SMILES string of the molecule is CCc1ccccc1NC(=O)CN1CCN(C(=O)CCCc2nc3ccccc3s2)CC1. The molecule has 2 aromatic carbocycles.